The van der Waals surface area contributed by atoms with Gasteiger partial charge in [-0.3, -0.25) is 9.10 Å². The number of fused-ring (bicyclic) bond motifs is 1. The first-order valence-electron chi connectivity index (χ1n) is 9.12. The van der Waals surface area contributed by atoms with Crippen LogP contribution in [-0.2, 0) is 20.2 Å². The number of anilines is 1. The number of likely N-dealkylation sites (N-methyl/N-ethyl adjacent to an activating group) is 1. The van der Waals surface area contributed by atoms with Gasteiger partial charge in [0.1, 0.15) is 5.75 Å². The Balaban J connectivity index is 2.15. The normalized spacial score (nSPS) is 16.9. The summed E-state index contributed by atoms with van der Waals surface area (Å²) in [6.45, 7) is 6.11. The summed E-state index contributed by atoms with van der Waals surface area (Å²) in [5.74, 6) is 0.109. The Morgan fingerprint density at radius 1 is 1.11 bits per heavy atom. The maximum Gasteiger partial charge on any atom is 0.265 e. The molecule has 7 heteroatoms. The molecule has 0 aliphatic carbocycles. The van der Waals surface area contributed by atoms with E-state index in [1.807, 2.05) is 12.1 Å². The zero-order valence-electron chi connectivity index (χ0n) is 16.8. The molecule has 0 spiro atoms. The molecule has 0 fully saturated rings. The van der Waals surface area contributed by atoms with Gasteiger partial charge < -0.3 is 9.64 Å². The second-order valence-corrected chi connectivity index (χ2v) is 9.98. The third-order valence-electron chi connectivity index (χ3n) is 4.74. The largest absolute Gasteiger partial charge is 0.476 e. The lowest BCUT2D eigenvalue weighted by Gasteiger charge is -2.36. The summed E-state index contributed by atoms with van der Waals surface area (Å²) in [4.78, 5) is 14.1. The molecule has 1 aliphatic heterocycles. The number of hydrogen-bond donors (Lipinski definition) is 0. The van der Waals surface area contributed by atoms with E-state index in [0.717, 1.165) is 5.56 Å². The van der Waals surface area contributed by atoms with E-state index in [2.05, 4.69) is 20.8 Å². The van der Waals surface area contributed by atoms with Gasteiger partial charge in [0.15, 0.2) is 6.10 Å². The summed E-state index contributed by atoms with van der Waals surface area (Å²) in [7, 11) is -0.597. The monoisotopic (exact) mass is 402 g/mol. The van der Waals surface area contributed by atoms with Gasteiger partial charge in [0.2, 0.25) is 0 Å². The Labute approximate surface area is 166 Å². The van der Waals surface area contributed by atoms with Crippen molar-refractivity contribution in [3.63, 3.8) is 0 Å². The predicted molar refractivity (Wildman–Crippen MR) is 109 cm³/mol. The molecule has 1 atom stereocenters. The first kappa shape index (κ1) is 20.2. The summed E-state index contributed by atoms with van der Waals surface area (Å²) < 4.78 is 34.0. The molecule has 6 nitrogen and oxygen atoms in total. The van der Waals surface area contributed by atoms with Crippen molar-refractivity contribution in [3.05, 3.63) is 54.1 Å². The number of benzene rings is 2. The SMILES string of the molecule is CN(C)C(=O)C1CN(S(=O)(=O)c2ccccc2)c2cc(C(C)(C)C)ccc2O1. The van der Waals surface area contributed by atoms with Gasteiger partial charge in [-0.25, -0.2) is 8.42 Å². The molecule has 1 heterocycles. The van der Waals surface area contributed by atoms with Crippen LogP contribution in [-0.4, -0.2) is 46.0 Å². The van der Waals surface area contributed by atoms with E-state index in [1.54, 1.807) is 50.5 Å². The van der Waals surface area contributed by atoms with Gasteiger partial charge in [-0.1, -0.05) is 45.0 Å². The fourth-order valence-electron chi connectivity index (χ4n) is 3.08. The minimum Gasteiger partial charge on any atom is -0.476 e. The Hall–Kier alpha value is -2.54. The lowest BCUT2D eigenvalue weighted by Crippen LogP contribution is -2.50. The van der Waals surface area contributed by atoms with Gasteiger partial charge in [-0.05, 0) is 35.2 Å². The highest BCUT2D eigenvalue weighted by molar-refractivity contribution is 7.92. The first-order chi connectivity index (χ1) is 13.0. The molecule has 0 N–H and O–H groups in total. The van der Waals surface area contributed by atoms with Crippen LogP contribution < -0.4 is 9.04 Å². The van der Waals surface area contributed by atoms with E-state index >= 15 is 0 Å². The minimum absolute atomic E-state index is 0.0746. The van der Waals surface area contributed by atoms with Crippen LogP contribution >= 0.6 is 0 Å². The molecule has 0 saturated heterocycles. The molecule has 2 aromatic rings. The third-order valence-corrected chi connectivity index (χ3v) is 6.54. The summed E-state index contributed by atoms with van der Waals surface area (Å²) in [6, 6.07) is 13.7. The molecule has 2 aromatic carbocycles. The minimum atomic E-state index is -3.85. The molecule has 28 heavy (non-hydrogen) atoms. The quantitative estimate of drug-likeness (QED) is 0.792. The van der Waals surface area contributed by atoms with Crippen LogP contribution in [0.5, 0.6) is 5.75 Å². The number of carbonyl (C=O) groups is 1. The lowest BCUT2D eigenvalue weighted by atomic mass is 9.86. The van der Waals surface area contributed by atoms with Gasteiger partial charge in [0, 0.05) is 14.1 Å². The zero-order valence-corrected chi connectivity index (χ0v) is 17.7. The molecule has 3 rings (SSSR count). The molecular weight excluding hydrogens is 376 g/mol. The molecule has 1 aliphatic rings. The number of hydrogen-bond acceptors (Lipinski definition) is 4. The van der Waals surface area contributed by atoms with E-state index < -0.39 is 16.1 Å². The number of sulfonamides is 1. The van der Waals surface area contributed by atoms with E-state index in [1.165, 1.54) is 9.21 Å². The van der Waals surface area contributed by atoms with E-state index in [-0.39, 0.29) is 22.8 Å². The second-order valence-electron chi connectivity index (χ2n) is 8.12. The van der Waals surface area contributed by atoms with Crippen LogP contribution in [0.2, 0.25) is 0 Å². The fraction of sp³-hybridized carbons (Fsp3) is 0.381. The summed E-state index contributed by atoms with van der Waals surface area (Å²) in [5.41, 5.74) is 1.28. The van der Waals surface area contributed by atoms with Gasteiger partial charge in [-0.15, -0.1) is 0 Å². The average molecular weight is 403 g/mol. The highest BCUT2D eigenvalue weighted by Crippen LogP contribution is 2.40. The Morgan fingerprint density at radius 3 is 2.32 bits per heavy atom. The van der Waals surface area contributed by atoms with Crippen LogP contribution in [0.3, 0.4) is 0 Å². The Morgan fingerprint density at radius 2 is 1.75 bits per heavy atom. The number of ether oxygens (including phenoxy) is 1. The maximum absolute atomic E-state index is 13.4. The number of nitrogens with zero attached hydrogens (tertiary/aromatic N) is 2. The molecule has 0 bridgehead atoms. The predicted octanol–water partition coefficient (Wildman–Crippen LogP) is 3.03. The van der Waals surface area contributed by atoms with Crippen molar-refractivity contribution in [3.8, 4) is 5.75 Å². The molecule has 1 amide bonds. The number of carbonyl (C=O) groups excluding carboxylic acids is 1. The van der Waals surface area contributed by atoms with Crippen molar-refractivity contribution in [2.24, 2.45) is 0 Å². The maximum atomic E-state index is 13.4. The van der Waals surface area contributed by atoms with E-state index in [9.17, 15) is 13.2 Å². The number of rotatable bonds is 3. The Kier molecular flexibility index (Phi) is 5.14. The summed E-state index contributed by atoms with van der Waals surface area (Å²) in [6.07, 6.45) is -0.901. The summed E-state index contributed by atoms with van der Waals surface area (Å²) >= 11 is 0. The second kappa shape index (κ2) is 7.13. The van der Waals surface area contributed by atoms with Crippen molar-refractivity contribution in [2.45, 2.75) is 37.2 Å². The molecule has 150 valence electrons. The van der Waals surface area contributed by atoms with Crippen molar-refractivity contribution in [1.82, 2.24) is 4.90 Å². The smallest absolute Gasteiger partial charge is 0.265 e. The van der Waals surface area contributed by atoms with Gasteiger partial charge in [0.25, 0.3) is 15.9 Å². The fourth-order valence-corrected chi connectivity index (χ4v) is 4.57. The average Bonchev–Trinajstić information content (AvgIpc) is 2.65. The van der Waals surface area contributed by atoms with Gasteiger partial charge in [-0.2, -0.15) is 0 Å². The highest BCUT2D eigenvalue weighted by Gasteiger charge is 2.38. The molecular formula is C21H26N2O4S. The van der Waals surface area contributed by atoms with E-state index in [0.29, 0.717) is 11.4 Å². The first-order valence-corrected chi connectivity index (χ1v) is 10.6. The Bertz CT molecular complexity index is 979. The van der Waals surface area contributed by atoms with Crippen LogP contribution in [0.4, 0.5) is 5.69 Å². The van der Waals surface area contributed by atoms with Crippen molar-refractivity contribution >= 4 is 21.6 Å². The molecule has 0 saturated carbocycles. The summed E-state index contributed by atoms with van der Waals surface area (Å²) in [5, 5.41) is 0. The van der Waals surface area contributed by atoms with Crippen LogP contribution in [0.25, 0.3) is 0 Å². The van der Waals surface area contributed by atoms with Crippen molar-refractivity contribution in [2.75, 3.05) is 24.9 Å². The number of amides is 1. The van der Waals surface area contributed by atoms with Gasteiger partial charge >= 0.3 is 0 Å². The van der Waals surface area contributed by atoms with Crippen LogP contribution in [0.15, 0.2) is 53.4 Å². The lowest BCUT2D eigenvalue weighted by molar-refractivity contribution is -0.135. The van der Waals surface area contributed by atoms with Crippen molar-refractivity contribution in [1.29, 1.82) is 0 Å². The van der Waals surface area contributed by atoms with Crippen LogP contribution in [0, 0.1) is 0 Å². The van der Waals surface area contributed by atoms with Crippen LogP contribution in [0.1, 0.15) is 26.3 Å². The van der Waals surface area contributed by atoms with Crippen molar-refractivity contribution < 1.29 is 17.9 Å². The third kappa shape index (κ3) is 3.71. The molecule has 1 unspecified atom stereocenters. The van der Waals surface area contributed by atoms with Gasteiger partial charge in [0.05, 0.1) is 17.1 Å². The molecule has 0 radical (unpaired) electrons. The zero-order chi connectivity index (χ0) is 20.7. The topological polar surface area (TPSA) is 66.9 Å². The molecule has 0 aromatic heterocycles. The standard InChI is InChI=1S/C21H26N2O4S/c1-21(2,3)15-11-12-18-17(13-15)23(14-19(27-18)20(24)22(4)5)28(25,26)16-9-7-6-8-10-16/h6-13,19H,14H2,1-5H3. The van der Waals surface area contributed by atoms with E-state index in [4.69, 9.17) is 4.74 Å². The highest BCUT2D eigenvalue weighted by atomic mass is 32.2.